The van der Waals surface area contributed by atoms with Crippen LogP contribution < -0.4 is 10.5 Å². The smallest absolute Gasteiger partial charge is 0.348 e. The number of aliphatic carboxylic acids is 1. The maximum atomic E-state index is 11.1. The van der Waals surface area contributed by atoms with E-state index < -0.39 is 11.6 Å². The minimum atomic E-state index is -1.02. The molecule has 0 aromatic heterocycles. The fraction of sp³-hybridized carbons (Fsp3) is 0.167. The van der Waals surface area contributed by atoms with E-state index in [1.807, 2.05) is 36.4 Å². The van der Waals surface area contributed by atoms with Crippen molar-refractivity contribution >= 4 is 11.7 Å². The van der Waals surface area contributed by atoms with E-state index in [9.17, 15) is 4.79 Å². The number of nitrogens with two attached hydrogens (primary N) is 1. The first-order valence-corrected chi connectivity index (χ1v) is 6.97. The van der Waals surface area contributed by atoms with Gasteiger partial charge in [0.15, 0.2) is 0 Å². The molecule has 0 heterocycles. The van der Waals surface area contributed by atoms with Gasteiger partial charge in [0.1, 0.15) is 5.75 Å². The molecule has 4 heteroatoms. The first kappa shape index (κ1) is 14.0. The van der Waals surface area contributed by atoms with Crippen molar-refractivity contribution in [3.63, 3.8) is 0 Å². The van der Waals surface area contributed by atoms with Crippen LogP contribution in [0.1, 0.15) is 24.0 Å². The lowest BCUT2D eigenvalue weighted by Crippen LogP contribution is -2.28. The fourth-order valence-electron chi connectivity index (χ4n) is 2.07. The second kappa shape index (κ2) is 5.45. The Labute approximate surface area is 128 Å². The topological polar surface area (TPSA) is 72.5 Å². The van der Waals surface area contributed by atoms with Crippen molar-refractivity contribution in [3.05, 3.63) is 59.7 Å². The molecule has 1 saturated carbocycles. The average Bonchev–Trinajstić information content (AvgIpc) is 3.28. The summed E-state index contributed by atoms with van der Waals surface area (Å²) in [7, 11) is 0. The summed E-state index contributed by atoms with van der Waals surface area (Å²) in [5, 5.41) is 9.09. The second-order valence-electron chi connectivity index (χ2n) is 5.30. The van der Waals surface area contributed by atoms with Gasteiger partial charge in [0.25, 0.3) is 0 Å². The van der Waals surface area contributed by atoms with Gasteiger partial charge in [-0.05, 0) is 42.5 Å². The third-order valence-electron chi connectivity index (χ3n) is 3.50. The summed E-state index contributed by atoms with van der Waals surface area (Å²) in [6, 6.07) is 14.5. The van der Waals surface area contributed by atoms with Gasteiger partial charge in [0.2, 0.25) is 5.60 Å². The predicted molar refractivity (Wildman–Crippen MR) is 83.5 cm³/mol. The van der Waals surface area contributed by atoms with E-state index in [1.54, 1.807) is 12.1 Å². The quantitative estimate of drug-likeness (QED) is 0.674. The van der Waals surface area contributed by atoms with Crippen LogP contribution in [0.15, 0.2) is 48.5 Å². The van der Waals surface area contributed by atoms with Gasteiger partial charge in [-0.3, -0.25) is 0 Å². The number of rotatable bonds is 3. The van der Waals surface area contributed by atoms with Crippen LogP contribution in [0.5, 0.6) is 5.75 Å². The molecule has 1 fully saturated rings. The Morgan fingerprint density at radius 2 is 1.77 bits per heavy atom. The van der Waals surface area contributed by atoms with Crippen molar-refractivity contribution in [2.24, 2.45) is 0 Å². The molecule has 0 spiro atoms. The van der Waals surface area contributed by atoms with Gasteiger partial charge >= 0.3 is 5.97 Å². The number of carbonyl (C=O) groups is 1. The predicted octanol–water partition coefficient (Wildman–Crippen LogP) is 2.66. The molecule has 0 aliphatic heterocycles. The first-order chi connectivity index (χ1) is 10.6. The van der Waals surface area contributed by atoms with E-state index >= 15 is 0 Å². The zero-order chi connectivity index (χ0) is 15.6. The molecule has 0 saturated heterocycles. The molecule has 4 nitrogen and oxygen atoms in total. The molecule has 0 radical (unpaired) electrons. The van der Waals surface area contributed by atoms with E-state index in [2.05, 4.69) is 11.8 Å². The molecular formula is C18H15NO3. The third kappa shape index (κ3) is 3.04. The molecule has 2 aromatic rings. The van der Waals surface area contributed by atoms with E-state index in [1.165, 1.54) is 0 Å². The van der Waals surface area contributed by atoms with Gasteiger partial charge in [-0.1, -0.05) is 17.9 Å². The van der Waals surface area contributed by atoms with Crippen molar-refractivity contribution in [1.82, 2.24) is 0 Å². The zero-order valence-electron chi connectivity index (χ0n) is 11.9. The Morgan fingerprint density at radius 3 is 2.36 bits per heavy atom. The number of nitrogen functional groups attached to an aromatic ring is 1. The maximum Gasteiger partial charge on any atom is 0.348 e. The lowest BCUT2D eigenvalue weighted by atomic mass is 10.1. The Kier molecular flexibility index (Phi) is 3.48. The van der Waals surface area contributed by atoms with E-state index in [0.717, 1.165) is 11.1 Å². The van der Waals surface area contributed by atoms with Crippen LogP contribution in [0.4, 0.5) is 5.69 Å². The minimum absolute atomic E-state index is 0.550. The highest BCUT2D eigenvalue weighted by Crippen LogP contribution is 2.40. The highest BCUT2D eigenvalue weighted by atomic mass is 16.5. The van der Waals surface area contributed by atoms with Gasteiger partial charge in [0.05, 0.1) is 0 Å². The Hall–Kier alpha value is -2.93. The summed E-state index contributed by atoms with van der Waals surface area (Å²) in [4.78, 5) is 11.1. The summed E-state index contributed by atoms with van der Waals surface area (Å²) in [6.45, 7) is 0. The molecule has 0 amide bonds. The summed E-state index contributed by atoms with van der Waals surface area (Å²) >= 11 is 0. The van der Waals surface area contributed by atoms with Crippen LogP contribution >= 0.6 is 0 Å². The lowest BCUT2D eigenvalue weighted by Gasteiger charge is -2.13. The van der Waals surface area contributed by atoms with Gasteiger partial charge in [-0.15, -0.1) is 0 Å². The van der Waals surface area contributed by atoms with E-state index in [0.29, 0.717) is 24.3 Å². The number of carboxylic acids is 1. The van der Waals surface area contributed by atoms with Crippen LogP contribution in [-0.2, 0) is 4.79 Å². The van der Waals surface area contributed by atoms with Gasteiger partial charge in [-0.25, -0.2) is 4.79 Å². The first-order valence-electron chi connectivity index (χ1n) is 6.97. The molecule has 0 atom stereocenters. The van der Waals surface area contributed by atoms with E-state index in [4.69, 9.17) is 15.6 Å². The Bertz CT molecular complexity index is 765. The molecule has 110 valence electrons. The highest BCUT2D eigenvalue weighted by molar-refractivity contribution is 5.81. The van der Waals surface area contributed by atoms with Crippen molar-refractivity contribution in [2.75, 3.05) is 5.73 Å². The number of carboxylic acid groups (broad SMARTS) is 1. The summed E-state index contributed by atoms with van der Waals surface area (Å²) < 4.78 is 5.54. The van der Waals surface area contributed by atoms with Crippen molar-refractivity contribution in [2.45, 2.75) is 18.4 Å². The fourth-order valence-corrected chi connectivity index (χ4v) is 2.07. The normalized spacial score (nSPS) is 14.5. The molecule has 2 aromatic carbocycles. The average molecular weight is 293 g/mol. The number of benzene rings is 2. The Morgan fingerprint density at radius 1 is 1.09 bits per heavy atom. The van der Waals surface area contributed by atoms with Crippen LogP contribution in [0.2, 0.25) is 0 Å². The number of ether oxygens (including phenoxy) is 1. The third-order valence-corrected chi connectivity index (χ3v) is 3.50. The summed E-state index contributed by atoms with van der Waals surface area (Å²) in [5.74, 6) is 5.72. The molecule has 0 unspecified atom stereocenters. The molecule has 1 aliphatic carbocycles. The number of anilines is 1. The van der Waals surface area contributed by atoms with Gasteiger partial charge < -0.3 is 15.6 Å². The van der Waals surface area contributed by atoms with Crippen molar-refractivity contribution in [1.29, 1.82) is 0 Å². The SMILES string of the molecule is Nc1cccc(C#Cc2ccc(OC3(C(=O)O)CC3)cc2)c1. The van der Waals surface area contributed by atoms with Gasteiger partial charge in [0, 0.05) is 29.7 Å². The van der Waals surface area contributed by atoms with Gasteiger partial charge in [-0.2, -0.15) is 0 Å². The van der Waals surface area contributed by atoms with Crippen LogP contribution in [-0.4, -0.2) is 16.7 Å². The standard InChI is InChI=1S/C18H15NO3/c19-15-3-1-2-14(12-15)5-4-13-6-8-16(9-7-13)22-18(10-11-18)17(20)21/h1-3,6-9,12H,10-11,19H2,(H,20,21). The molecule has 0 bridgehead atoms. The molecular weight excluding hydrogens is 278 g/mol. The lowest BCUT2D eigenvalue weighted by molar-refractivity contribution is -0.147. The molecule has 22 heavy (non-hydrogen) atoms. The molecule has 1 aliphatic rings. The van der Waals surface area contributed by atoms with Crippen LogP contribution in [0.25, 0.3) is 0 Å². The molecule has 3 rings (SSSR count). The monoisotopic (exact) mass is 293 g/mol. The molecule has 3 N–H and O–H groups in total. The highest BCUT2D eigenvalue weighted by Gasteiger charge is 2.53. The number of hydrogen-bond donors (Lipinski definition) is 2. The van der Waals surface area contributed by atoms with Crippen LogP contribution in [0.3, 0.4) is 0 Å². The van der Waals surface area contributed by atoms with E-state index in [-0.39, 0.29) is 0 Å². The van der Waals surface area contributed by atoms with Crippen molar-refractivity contribution < 1.29 is 14.6 Å². The number of hydrogen-bond acceptors (Lipinski definition) is 3. The van der Waals surface area contributed by atoms with Crippen molar-refractivity contribution in [3.8, 4) is 17.6 Å². The van der Waals surface area contributed by atoms with Crippen LogP contribution in [0, 0.1) is 11.8 Å². The zero-order valence-corrected chi connectivity index (χ0v) is 11.9. The minimum Gasteiger partial charge on any atom is -0.478 e. The summed E-state index contributed by atoms with van der Waals surface area (Å²) in [5.41, 5.74) is 7.04. The second-order valence-corrected chi connectivity index (χ2v) is 5.30. The maximum absolute atomic E-state index is 11.1. The largest absolute Gasteiger partial charge is 0.478 e. The Balaban J connectivity index is 1.71. The summed E-state index contributed by atoms with van der Waals surface area (Å²) in [6.07, 6.45) is 1.11.